The number of hydrogen-bond acceptors (Lipinski definition) is 4. The molecule has 2 heterocycles. The van der Waals surface area contributed by atoms with Crippen molar-refractivity contribution < 1.29 is 18.1 Å². The number of hydrogen-bond donors (Lipinski definition) is 0. The number of furan rings is 1. The van der Waals surface area contributed by atoms with Gasteiger partial charge in [-0.25, -0.2) is 4.79 Å². The van der Waals surface area contributed by atoms with E-state index in [1.165, 1.54) is 6.07 Å². The third-order valence-corrected chi connectivity index (χ3v) is 6.27. The van der Waals surface area contributed by atoms with Gasteiger partial charge in [-0.1, -0.05) is 0 Å². The predicted octanol–water partition coefficient (Wildman–Crippen LogP) is 4.95. The number of nitrogens with zero attached hydrogens (tertiary/aromatic N) is 1. The number of rotatable bonds is 8. The molecule has 0 radical (unpaired) electrons. The summed E-state index contributed by atoms with van der Waals surface area (Å²) >= 11 is 3.58. The quantitative estimate of drug-likeness (QED) is 0.292. The van der Waals surface area contributed by atoms with Gasteiger partial charge in [-0.3, -0.25) is 0 Å². The summed E-state index contributed by atoms with van der Waals surface area (Å²) in [5.74, 6) is 0.503. The van der Waals surface area contributed by atoms with Crippen LogP contribution in [0.25, 0.3) is 21.9 Å². The number of ether oxygens (including phenoxy) is 1. The second-order valence-electron chi connectivity index (χ2n) is 6.52. The normalized spacial score (nSPS) is 12.2. The summed E-state index contributed by atoms with van der Waals surface area (Å²) in [4.78, 5) is 11.7. The van der Waals surface area contributed by atoms with E-state index in [1.807, 2.05) is 6.07 Å². The van der Waals surface area contributed by atoms with Crippen LogP contribution in [0.3, 0.4) is 0 Å². The average Bonchev–Trinajstić information content (AvgIpc) is 3.14. The van der Waals surface area contributed by atoms with Crippen LogP contribution in [0.2, 0.25) is 0 Å². The highest BCUT2D eigenvalue weighted by Gasteiger charge is 2.21. The number of benzene rings is 1. The predicted molar refractivity (Wildman–Crippen MR) is 107 cm³/mol. The van der Waals surface area contributed by atoms with Crippen LogP contribution in [-0.4, -0.2) is 37.3 Å². The standard InChI is InChI=1S/C20H25BrNO4/c1-4-22(5-2,6-3)11-7-12-24-20-18-15(10-13-25-18)17(21)14-8-9-16(23)26-19(14)20/h8-10,13H,4-7,11-12H2,1-3H3/q+1. The molecule has 0 unspecified atom stereocenters. The van der Waals surface area contributed by atoms with Crippen molar-refractivity contribution in [3.8, 4) is 5.75 Å². The molecule has 0 spiro atoms. The summed E-state index contributed by atoms with van der Waals surface area (Å²) in [7, 11) is 0. The summed E-state index contributed by atoms with van der Waals surface area (Å²) in [6, 6.07) is 5.04. The Balaban J connectivity index is 1.89. The summed E-state index contributed by atoms with van der Waals surface area (Å²) in [6.07, 6.45) is 2.54. The Morgan fingerprint density at radius 1 is 1.04 bits per heavy atom. The third-order valence-electron chi connectivity index (χ3n) is 5.42. The summed E-state index contributed by atoms with van der Waals surface area (Å²) in [5.41, 5.74) is 0.619. The molecule has 6 heteroatoms. The lowest BCUT2D eigenvalue weighted by Gasteiger charge is -2.35. The van der Waals surface area contributed by atoms with Gasteiger partial charge in [-0.2, -0.15) is 0 Å². The van der Waals surface area contributed by atoms with Crippen molar-refractivity contribution in [3.63, 3.8) is 0 Å². The Hall–Kier alpha value is -1.79. The molecule has 0 N–H and O–H groups in total. The molecule has 3 rings (SSSR count). The van der Waals surface area contributed by atoms with Crippen molar-refractivity contribution in [2.45, 2.75) is 27.2 Å². The highest BCUT2D eigenvalue weighted by molar-refractivity contribution is 9.10. The molecule has 0 aliphatic carbocycles. The smallest absolute Gasteiger partial charge is 0.336 e. The van der Waals surface area contributed by atoms with Gasteiger partial charge in [-0.15, -0.1) is 0 Å². The summed E-state index contributed by atoms with van der Waals surface area (Å²) in [5, 5.41) is 1.71. The lowest BCUT2D eigenvalue weighted by Crippen LogP contribution is -2.48. The Labute approximate surface area is 161 Å². The SMILES string of the molecule is CC[N+](CC)(CC)CCCOc1c2occc2c(Br)c2ccc(=O)oc12. The van der Waals surface area contributed by atoms with Gasteiger partial charge in [0.05, 0.1) is 39.0 Å². The third kappa shape index (κ3) is 3.40. The van der Waals surface area contributed by atoms with Crippen molar-refractivity contribution in [2.24, 2.45) is 0 Å². The van der Waals surface area contributed by atoms with Gasteiger partial charge in [0, 0.05) is 27.7 Å². The van der Waals surface area contributed by atoms with Crippen molar-refractivity contribution in [2.75, 3.05) is 32.8 Å². The van der Waals surface area contributed by atoms with E-state index >= 15 is 0 Å². The van der Waals surface area contributed by atoms with Crippen LogP contribution in [0.5, 0.6) is 5.75 Å². The molecule has 2 aromatic heterocycles. The van der Waals surface area contributed by atoms with E-state index in [4.69, 9.17) is 13.6 Å². The maximum absolute atomic E-state index is 11.7. The van der Waals surface area contributed by atoms with Crippen LogP contribution in [-0.2, 0) is 0 Å². The van der Waals surface area contributed by atoms with Crippen LogP contribution < -0.4 is 10.4 Å². The zero-order valence-electron chi connectivity index (χ0n) is 15.5. The Morgan fingerprint density at radius 3 is 2.42 bits per heavy atom. The van der Waals surface area contributed by atoms with Crippen LogP contribution in [0, 0.1) is 0 Å². The van der Waals surface area contributed by atoms with Gasteiger partial charge < -0.3 is 18.1 Å². The first-order chi connectivity index (χ1) is 12.5. The molecule has 0 bridgehead atoms. The molecular weight excluding hydrogens is 398 g/mol. The van der Waals surface area contributed by atoms with Gasteiger partial charge >= 0.3 is 5.63 Å². The molecule has 0 aliphatic heterocycles. The first kappa shape index (κ1) is 19.0. The second-order valence-corrected chi connectivity index (χ2v) is 7.31. The van der Waals surface area contributed by atoms with Gasteiger partial charge in [0.1, 0.15) is 0 Å². The van der Waals surface area contributed by atoms with E-state index in [2.05, 4.69) is 36.7 Å². The van der Waals surface area contributed by atoms with Crippen molar-refractivity contribution in [3.05, 3.63) is 39.4 Å². The molecule has 26 heavy (non-hydrogen) atoms. The van der Waals surface area contributed by atoms with Crippen molar-refractivity contribution in [1.82, 2.24) is 0 Å². The maximum Gasteiger partial charge on any atom is 0.336 e. The monoisotopic (exact) mass is 422 g/mol. The Bertz CT molecular complexity index is 947. The zero-order chi connectivity index (χ0) is 18.7. The molecule has 0 atom stereocenters. The molecule has 3 aromatic rings. The van der Waals surface area contributed by atoms with E-state index in [0.717, 1.165) is 52.3 Å². The van der Waals surface area contributed by atoms with Crippen molar-refractivity contribution in [1.29, 1.82) is 0 Å². The average molecular weight is 423 g/mol. The number of fused-ring (bicyclic) bond motifs is 2. The van der Waals surface area contributed by atoms with Crippen LogP contribution in [0.1, 0.15) is 27.2 Å². The molecule has 1 aromatic carbocycles. The largest absolute Gasteiger partial charge is 0.486 e. The van der Waals surface area contributed by atoms with Crippen LogP contribution in [0.4, 0.5) is 0 Å². The first-order valence-corrected chi connectivity index (χ1v) is 9.95. The van der Waals surface area contributed by atoms with Gasteiger partial charge in [0.25, 0.3) is 0 Å². The Kier molecular flexibility index (Phi) is 5.73. The van der Waals surface area contributed by atoms with Crippen LogP contribution >= 0.6 is 15.9 Å². The minimum atomic E-state index is -0.404. The number of quaternary nitrogens is 1. The summed E-state index contributed by atoms with van der Waals surface area (Å²) < 4.78 is 19.0. The first-order valence-electron chi connectivity index (χ1n) is 9.15. The molecular formula is C20H25BrNO4+. The minimum absolute atomic E-state index is 0.404. The zero-order valence-corrected chi connectivity index (χ0v) is 17.1. The maximum atomic E-state index is 11.7. The van der Waals surface area contributed by atoms with Crippen LogP contribution in [0.15, 0.2) is 42.6 Å². The topological polar surface area (TPSA) is 52.6 Å². The highest BCUT2D eigenvalue weighted by atomic mass is 79.9. The fourth-order valence-electron chi connectivity index (χ4n) is 3.51. The van der Waals surface area contributed by atoms with E-state index in [1.54, 1.807) is 12.3 Å². The van der Waals surface area contributed by atoms with E-state index in [0.29, 0.717) is 23.5 Å². The molecule has 0 amide bonds. The second kappa shape index (κ2) is 7.84. The molecule has 5 nitrogen and oxygen atoms in total. The fourth-order valence-corrected chi connectivity index (χ4v) is 4.14. The molecule has 140 valence electrons. The lowest BCUT2D eigenvalue weighted by molar-refractivity contribution is -0.923. The van der Waals surface area contributed by atoms with E-state index in [9.17, 15) is 4.79 Å². The molecule has 0 aliphatic rings. The van der Waals surface area contributed by atoms with Gasteiger partial charge in [0.2, 0.25) is 5.75 Å². The van der Waals surface area contributed by atoms with E-state index < -0.39 is 5.63 Å². The number of halogens is 1. The molecule has 0 saturated heterocycles. The highest BCUT2D eigenvalue weighted by Crippen LogP contribution is 2.41. The van der Waals surface area contributed by atoms with Gasteiger partial charge in [0.15, 0.2) is 11.2 Å². The van der Waals surface area contributed by atoms with Gasteiger partial charge in [-0.05, 0) is 48.8 Å². The van der Waals surface area contributed by atoms with E-state index in [-0.39, 0.29) is 0 Å². The lowest BCUT2D eigenvalue weighted by atomic mass is 10.1. The Morgan fingerprint density at radius 2 is 1.73 bits per heavy atom. The van der Waals surface area contributed by atoms with Crippen molar-refractivity contribution >= 4 is 37.9 Å². The minimum Gasteiger partial charge on any atom is -0.486 e. The fraction of sp³-hybridized carbons (Fsp3) is 0.450. The molecule has 0 fully saturated rings. The molecule has 0 saturated carbocycles. The summed E-state index contributed by atoms with van der Waals surface area (Å²) in [6.45, 7) is 11.7.